The lowest BCUT2D eigenvalue weighted by atomic mass is 10.0. The van der Waals surface area contributed by atoms with Gasteiger partial charge in [-0.25, -0.2) is 0 Å². The summed E-state index contributed by atoms with van der Waals surface area (Å²) in [5.41, 5.74) is 1.31. The molecule has 0 spiro atoms. The number of amides is 1. The van der Waals surface area contributed by atoms with Gasteiger partial charge in [0.15, 0.2) is 0 Å². The molecule has 27 heavy (non-hydrogen) atoms. The first-order valence-electron chi connectivity index (χ1n) is 8.46. The first-order chi connectivity index (χ1) is 12.8. The molecule has 0 aromatic heterocycles. The normalized spacial score (nSPS) is 13.1. The molecule has 2 rings (SSSR count). The highest BCUT2D eigenvalue weighted by Crippen LogP contribution is 2.28. The molecular formula is C20H23ClN2O4. The number of ether oxygens (including phenoxy) is 1. The molecule has 2 aromatic rings. The van der Waals surface area contributed by atoms with Crippen LogP contribution in [0.25, 0.3) is 0 Å². The van der Waals surface area contributed by atoms with Gasteiger partial charge in [0.25, 0.3) is 0 Å². The third-order valence-corrected chi connectivity index (χ3v) is 4.50. The van der Waals surface area contributed by atoms with Crippen molar-refractivity contribution in [2.75, 3.05) is 26.0 Å². The third-order valence-electron chi connectivity index (χ3n) is 4.21. The van der Waals surface area contributed by atoms with Gasteiger partial charge in [-0.05, 0) is 30.8 Å². The van der Waals surface area contributed by atoms with Gasteiger partial charge in [-0.3, -0.25) is 14.5 Å². The molecule has 2 aromatic carbocycles. The molecule has 0 aliphatic rings. The zero-order valence-electron chi connectivity index (χ0n) is 15.5. The Kier molecular flexibility index (Phi) is 7.21. The minimum Gasteiger partial charge on any atom is -0.495 e. The van der Waals surface area contributed by atoms with E-state index in [1.165, 1.54) is 7.11 Å². The second-order valence-corrected chi connectivity index (χ2v) is 6.74. The number of carboxylic acids is 1. The number of nitrogens with zero attached hydrogens (tertiary/aromatic N) is 1. The van der Waals surface area contributed by atoms with Crippen LogP contribution in [0.3, 0.4) is 0 Å². The Morgan fingerprint density at radius 1 is 1.22 bits per heavy atom. The lowest BCUT2D eigenvalue weighted by molar-refractivity contribution is -0.142. The minimum atomic E-state index is -0.906. The molecule has 2 N–H and O–H groups in total. The van der Waals surface area contributed by atoms with Crippen LogP contribution >= 0.6 is 11.6 Å². The number of benzene rings is 2. The van der Waals surface area contributed by atoms with Crippen LogP contribution in [0.4, 0.5) is 5.69 Å². The van der Waals surface area contributed by atoms with Gasteiger partial charge in [-0.2, -0.15) is 0 Å². The second-order valence-electron chi connectivity index (χ2n) is 6.33. The Balaban J connectivity index is 2.25. The van der Waals surface area contributed by atoms with E-state index >= 15 is 0 Å². The van der Waals surface area contributed by atoms with Crippen LogP contribution in [-0.2, 0) is 9.59 Å². The molecule has 6 nitrogen and oxygen atoms in total. The van der Waals surface area contributed by atoms with Crippen LogP contribution in [-0.4, -0.2) is 42.6 Å². The number of aliphatic carboxylic acids is 1. The summed E-state index contributed by atoms with van der Waals surface area (Å²) in [6.45, 7) is 1.84. The summed E-state index contributed by atoms with van der Waals surface area (Å²) in [6, 6.07) is 13.6. The number of nitrogens with one attached hydrogen (secondary N) is 1. The van der Waals surface area contributed by atoms with Crippen molar-refractivity contribution in [3.05, 3.63) is 59.1 Å². The summed E-state index contributed by atoms with van der Waals surface area (Å²) >= 11 is 6.12. The van der Waals surface area contributed by atoms with Crippen molar-refractivity contribution >= 4 is 29.2 Å². The van der Waals surface area contributed by atoms with Gasteiger partial charge in [0.1, 0.15) is 11.8 Å². The van der Waals surface area contributed by atoms with Gasteiger partial charge in [-0.1, -0.05) is 48.9 Å². The number of carbonyl (C=O) groups is 2. The standard InChI is InChI=1S/C20H23ClN2O4/c1-13(20(25)26)12-23(2)18(14-7-5-4-6-8-14)19(24)22-15-9-10-17(27-3)16(21)11-15/h4-11,13,18H,12H2,1-3H3,(H,22,24)(H,25,26). The number of carbonyl (C=O) groups excluding carboxylic acids is 1. The second kappa shape index (κ2) is 9.39. The fourth-order valence-electron chi connectivity index (χ4n) is 2.81. The highest BCUT2D eigenvalue weighted by atomic mass is 35.5. The van der Waals surface area contributed by atoms with Gasteiger partial charge < -0.3 is 15.2 Å². The van der Waals surface area contributed by atoms with Crippen LogP contribution in [0, 0.1) is 5.92 Å². The SMILES string of the molecule is COc1ccc(NC(=O)C(c2ccccc2)N(C)CC(C)C(=O)O)cc1Cl. The van der Waals surface area contributed by atoms with Crippen molar-refractivity contribution in [1.29, 1.82) is 0 Å². The quantitative estimate of drug-likeness (QED) is 0.718. The number of rotatable bonds is 8. The number of hydrogen-bond donors (Lipinski definition) is 2. The van der Waals surface area contributed by atoms with Crippen molar-refractivity contribution in [3.63, 3.8) is 0 Å². The number of methoxy groups -OCH3 is 1. The average Bonchev–Trinajstić information content (AvgIpc) is 2.62. The average molecular weight is 391 g/mol. The van der Waals surface area contributed by atoms with E-state index in [1.807, 2.05) is 30.3 Å². The van der Waals surface area contributed by atoms with Crippen molar-refractivity contribution in [2.24, 2.45) is 5.92 Å². The van der Waals surface area contributed by atoms with Crippen molar-refractivity contribution < 1.29 is 19.4 Å². The van der Waals surface area contributed by atoms with Crippen molar-refractivity contribution in [3.8, 4) is 5.75 Å². The topological polar surface area (TPSA) is 78.9 Å². The molecule has 0 aliphatic heterocycles. The maximum atomic E-state index is 13.0. The van der Waals surface area contributed by atoms with E-state index in [4.69, 9.17) is 16.3 Å². The van der Waals surface area contributed by atoms with E-state index in [0.29, 0.717) is 16.5 Å². The number of anilines is 1. The summed E-state index contributed by atoms with van der Waals surface area (Å²) in [5.74, 6) is -1.27. The van der Waals surface area contributed by atoms with E-state index in [9.17, 15) is 14.7 Å². The number of likely N-dealkylation sites (N-methyl/N-ethyl adjacent to an activating group) is 1. The molecule has 0 saturated heterocycles. The summed E-state index contributed by atoms with van der Waals surface area (Å²) < 4.78 is 5.12. The Morgan fingerprint density at radius 3 is 2.44 bits per heavy atom. The van der Waals surface area contributed by atoms with E-state index in [2.05, 4.69) is 5.32 Å². The first kappa shape index (κ1) is 20.7. The maximum Gasteiger partial charge on any atom is 0.307 e. The fourth-order valence-corrected chi connectivity index (χ4v) is 3.07. The Bertz CT molecular complexity index is 798. The minimum absolute atomic E-state index is 0.228. The predicted molar refractivity (Wildman–Crippen MR) is 105 cm³/mol. The fraction of sp³-hybridized carbons (Fsp3) is 0.300. The molecule has 0 heterocycles. The molecule has 0 aliphatic carbocycles. The predicted octanol–water partition coefficient (Wildman–Crippen LogP) is 3.68. The van der Waals surface area contributed by atoms with E-state index in [0.717, 1.165) is 5.56 Å². The van der Waals surface area contributed by atoms with Crippen LogP contribution < -0.4 is 10.1 Å². The first-order valence-corrected chi connectivity index (χ1v) is 8.83. The largest absolute Gasteiger partial charge is 0.495 e. The highest BCUT2D eigenvalue weighted by molar-refractivity contribution is 6.32. The molecule has 0 saturated carbocycles. The third kappa shape index (κ3) is 5.45. The van der Waals surface area contributed by atoms with Gasteiger partial charge in [-0.15, -0.1) is 0 Å². The van der Waals surface area contributed by atoms with Crippen LogP contribution in [0.15, 0.2) is 48.5 Å². The maximum absolute atomic E-state index is 13.0. The molecule has 1 amide bonds. The molecule has 0 radical (unpaired) electrons. The van der Waals surface area contributed by atoms with E-state index in [1.54, 1.807) is 37.1 Å². The molecule has 0 fully saturated rings. The van der Waals surface area contributed by atoms with Crippen molar-refractivity contribution in [1.82, 2.24) is 4.90 Å². The zero-order valence-corrected chi connectivity index (χ0v) is 16.2. The van der Waals surface area contributed by atoms with Crippen LogP contribution in [0.2, 0.25) is 5.02 Å². The summed E-state index contributed by atoms with van der Waals surface area (Å²) in [7, 11) is 3.25. The van der Waals surface area contributed by atoms with Gasteiger partial charge >= 0.3 is 5.97 Å². The molecule has 0 bridgehead atoms. The Hall–Kier alpha value is -2.57. The van der Waals surface area contributed by atoms with E-state index < -0.39 is 17.9 Å². The smallest absolute Gasteiger partial charge is 0.307 e. The summed E-state index contributed by atoms with van der Waals surface area (Å²) in [6.07, 6.45) is 0. The molecule has 144 valence electrons. The lowest BCUT2D eigenvalue weighted by Crippen LogP contribution is -2.38. The van der Waals surface area contributed by atoms with E-state index in [-0.39, 0.29) is 12.5 Å². The number of carboxylic acid groups (broad SMARTS) is 1. The summed E-state index contributed by atoms with van der Waals surface area (Å²) in [4.78, 5) is 25.9. The van der Waals surface area contributed by atoms with Gasteiger partial charge in [0, 0.05) is 12.2 Å². The lowest BCUT2D eigenvalue weighted by Gasteiger charge is -2.29. The molecule has 2 unspecified atom stereocenters. The van der Waals surface area contributed by atoms with Gasteiger partial charge in [0.05, 0.1) is 18.1 Å². The van der Waals surface area contributed by atoms with Gasteiger partial charge in [0.2, 0.25) is 5.91 Å². The Morgan fingerprint density at radius 2 is 1.89 bits per heavy atom. The molecule has 2 atom stereocenters. The highest BCUT2D eigenvalue weighted by Gasteiger charge is 2.27. The monoisotopic (exact) mass is 390 g/mol. The number of halogens is 1. The number of hydrogen-bond acceptors (Lipinski definition) is 4. The molecular weight excluding hydrogens is 368 g/mol. The van der Waals surface area contributed by atoms with Crippen molar-refractivity contribution in [2.45, 2.75) is 13.0 Å². The zero-order chi connectivity index (χ0) is 20.0. The van der Waals surface area contributed by atoms with Crippen LogP contribution in [0.5, 0.6) is 5.75 Å². The Labute approximate surface area is 163 Å². The molecule has 7 heteroatoms. The summed E-state index contributed by atoms with van der Waals surface area (Å²) in [5, 5.41) is 12.4. The van der Waals surface area contributed by atoms with Crippen LogP contribution in [0.1, 0.15) is 18.5 Å².